The van der Waals surface area contributed by atoms with E-state index in [1.807, 2.05) is 13.8 Å². The van der Waals surface area contributed by atoms with Crippen LogP contribution in [0.15, 0.2) is 47.1 Å². The topological polar surface area (TPSA) is 160 Å². The number of rotatable bonds is 4. The van der Waals surface area contributed by atoms with E-state index >= 15 is 0 Å². The Kier molecular flexibility index (Phi) is 7.20. The fourth-order valence-corrected chi connectivity index (χ4v) is 9.48. The summed E-state index contributed by atoms with van der Waals surface area (Å²) < 4.78 is 17.4. The van der Waals surface area contributed by atoms with E-state index in [4.69, 9.17) is 14.2 Å². The number of hydrogen-bond donors (Lipinski definition) is 4. The lowest BCUT2D eigenvalue weighted by Gasteiger charge is -2.69. The number of carbonyl (C=O) groups is 3. The Balaban J connectivity index is 1.80. The Labute approximate surface area is 245 Å². The van der Waals surface area contributed by atoms with E-state index in [-0.39, 0.29) is 11.4 Å². The van der Waals surface area contributed by atoms with Crippen LogP contribution in [0.3, 0.4) is 0 Å². The minimum Gasteiger partial charge on any atom is -0.455 e. The second-order valence-corrected chi connectivity index (χ2v) is 14.0. The molecule has 10 heteroatoms. The smallest absolute Gasteiger partial charge is 0.331 e. The van der Waals surface area contributed by atoms with Gasteiger partial charge in [-0.05, 0) is 48.6 Å². The summed E-state index contributed by atoms with van der Waals surface area (Å²) in [7, 11) is 1.48. The van der Waals surface area contributed by atoms with Crippen molar-refractivity contribution in [3.05, 3.63) is 47.1 Å². The van der Waals surface area contributed by atoms with Gasteiger partial charge in [-0.1, -0.05) is 46.3 Å². The molecule has 2 saturated carbocycles. The zero-order valence-electron chi connectivity index (χ0n) is 25.3. The van der Waals surface area contributed by atoms with Crippen LogP contribution in [0.5, 0.6) is 0 Å². The molecular weight excluding hydrogens is 544 g/mol. The van der Waals surface area contributed by atoms with Gasteiger partial charge in [-0.25, -0.2) is 4.79 Å². The highest BCUT2D eigenvalue weighted by atomic mass is 16.7. The summed E-state index contributed by atoms with van der Waals surface area (Å²) in [4.78, 5) is 41.1. The third-order valence-electron chi connectivity index (χ3n) is 10.9. The first-order valence-corrected chi connectivity index (χ1v) is 14.4. The van der Waals surface area contributed by atoms with E-state index in [2.05, 4.69) is 0 Å². The number of esters is 1. The third-order valence-corrected chi connectivity index (χ3v) is 10.9. The van der Waals surface area contributed by atoms with Gasteiger partial charge in [0.2, 0.25) is 0 Å². The molecule has 230 valence electrons. The van der Waals surface area contributed by atoms with Gasteiger partial charge in [-0.2, -0.15) is 0 Å². The summed E-state index contributed by atoms with van der Waals surface area (Å²) in [5.74, 6) is -4.17. The average molecular weight is 587 g/mol. The molecule has 5 aliphatic rings. The van der Waals surface area contributed by atoms with Crippen molar-refractivity contribution in [3.8, 4) is 0 Å². The predicted octanol–water partition coefficient (Wildman–Crippen LogP) is 1.76. The van der Waals surface area contributed by atoms with E-state index in [0.717, 1.165) is 0 Å². The lowest BCUT2D eigenvalue weighted by atomic mass is 9.36. The molecule has 0 saturated heterocycles. The van der Waals surface area contributed by atoms with E-state index in [1.54, 1.807) is 40.7 Å². The minimum absolute atomic E-state index is 0.0636. The molecule has 1 aliphatic heterocycles. The van der Waals surface area contributed by atoms with Gasteiger partial charge in [0.15, 0.2) is 24.1 Å². The predicted molar refractivity (Wildman–Crippen MR) is 149 cm³/mol. The van der Waals surface area contributed by atoms with Gasteiger partial charge in [0.05, 0.1) is 24.2 Å². The molecule has 0 radical (unpaired) electrons. The summed E-state index contributed by atoms with van der Waals surface area (Å²) in [5.41, 5.74) is -3.72. The lowest BCUT2D eigenvalue weighted by Crippen LogP contribution is -2.76. The molecule has 4 N–H and O–H groups in total. The zero-order valence-corrected chi connectivity index (χ0v) is 25.3. The molecule has 0 spiro atoms. The van der Waals surface area contributed by atoms with E-state index in [9.17, 15) is 34.8 Å². The molecule has 0 amide bonds. The van der Waals surface area contributed by atoms with Crippen LogP contribution in [0.25, 0.3) is 0 Å². The maximum absolute atomic E-state index is 14.0. The molecule has 5 rings (SSSR count). The largest absolute Gasteiger partial charge is 0.455 e. The molecular formula is C32H42O10. The van der Waals surface area contributed by atoms with Gasteiger partial charge in [0.25, 0.3) is 0 Å². The van der Waals surface area contributed by atoms with Crippen LogP contribution in [-0.4, -0.2) is 82.1 Å². The van der Waals surface area contributed by atoms with Crippen LogP contribution >= 0.6 is 0 Å². The summed E-state index contributed by atoms with van der Waals surface area (Å²) in [6.45, 7) is 12.5. The molecule has 0 unspecified atom stereocenters. The monoisotopic (exact) mass is 586 g/mol. The third kappa shape index (κ3) is 3.89. The SMILES string of the molecule is CO[C@H]1[C@@H](OC(=O)C=C(C)C)[C@@]2(C)C3=CC(=O)[C@@H](C4=C[C@@H](O)O[C@H]4O)[C@]3(C)[C@@H](O)[C@@H](O)[C@@H]2[C@@]2(C)C(=O)C=CC(C)(C)[C@H]12. The number of ether oxygens (including phenoxy) is 3. The maximum Gasteiger partial charge on any atom is 0.331 e. The van der Waals surface area contributed by atoms with Crippen LogP contribution in [-0.2, 0) is 28.6 Å². The normalized spacial score (nSPS) is 47.2. The van der Waals surface area contributed by atoms with Crippen molar-refractivity contribution in [2.75, 3.05) is 7.11 Å². The number of aliphatic hydroxyl groups excluding tert-OH is 4. The van der Waals surface area contributed by atoms with Gasteiger partial charge in [-0.15, -0.1) is 0 Å². The first kappa shape index (κ1) is 31.0. The lowest BCUT2D eigenvalue weighted by molar-refractivity contribution is -0.270. The molecule has 4 aliphatic carbocycles. The fourth-order valence-electron chi connectivity index (χ4n) is 9.48. The van der Waals surface area contributed by atoms with Crippen molar-refractivity contribution in [2.24, 2.45) is 39.4 Å². The standard InChI is InChI=1S/C32H42O10/c1-14(2)11-19(35)41-27-23(40-8)25-29(3,4)10-9-18(34)32(25,7)24-22(37)26(38)30(5)17(31(24,27)6)13-16(33)21(30)15-12-20(36)42-28(15)39/h9-13,20-28,36-39H,1-8H3/t20-,21+,22-,23+,24-,25-,26-,27+,28+,30+,31-,32+/m0/s1. The van der Waals surface area contributed by atoms with Crippen LogP contribution < -0.4 is 0 Å². The zero-order chi connectivity index (χ0) is 31.3. The van der Waals surface area contributed by atoms with Crippen molar-refractivity contribution in [2.45, 2.75) is 85.5 Å². The van der Waals surface area contributed by atoms with Gasteiger partial charge in [0.1, 0.15) is 6.10 Å². The Bertz CT molecular complexity index is 1340. The number of methoxy groups -OCH3 is 1. The van der Waals surface area contributed by atoms with Crippen molar-refractivity contribution in [1.29, 1.82) is 0 Å². The second kappa shape index (κ2) is 9.77. The van der Waals surface area contributed by atoms with E-state index < -0.39 is 88.2 Å². The van der Waals surface area contributed by atoms with Gasteiger partial charge < -0.3 is 34.6 Å². The molecule has 10 nitrogen and oxygen atoms in total. The molecule has 1 heterocycles. The summed E-state index contributed by atoms with van der Waals surface area (Å²) in [5, 5.41) is 44.7. The number of aliphatic hydroxyl groups is 4. The second-order valence-electron chi connectivity index (χ2n) is 14.0. The highest BCUT2D eigenvalue weighted by Gasteiger charge is 2.78. The molecule has 0 aromatic heterocycles. The highest BCUT2D eigenvalue weighted by molar-refractivity contribution is 6.00. The Hall–Kier alpha value is -2.47. The number of allylic oxidation sites excluding steroid dienone is 4. The van der Waals surface area contributed by atoms with Crippen molar-refractivity contribution >= 4 is 17.5 Å². The van der Waals surface area contributed by atoms with Crippen LogP contribution in [0, 0.1) is 39.4 Å². The summed E-state index contributed by atoms with van der Waals surface area (Å²) in [6, 6.07) is 0. The first-order chi connectivity index (χ1) is 19.4. The van der Waals surface area contributed by atoms with Crippen LogP contribution in [0.2, 0.25) is 0 Å². The van der Waals surface area contributed by atoms with Gasteiger partial charge in [-0.3, -0.25) is 9.59 Å². The molecule has 0 aromatic rings. The Morgan fingerprint density at radius 2 is 1.62 bits per heavy atom. The number of carbonyl (C=O) groups excluding carboxylic acids is 3. The van der Waals surface area contributed by atoms with Gasteiger partial charge >= 0.3 is 5.97 Å². The van der Waals surface area contributed by atoms with Gasteiger partial charge in [0, 0.05) is 41.3 Å². The molecule has 12 atom stereocenters. The van der Waals surface area contributed by atoms with Crippen LogP contribution in [0.4, 0.5) is 0 Å². The van der Waals surface area contributed by atoms with Crippen molar-refractivity contribution < 1.29 is 49.0 Å². The molecule has 42 heavy (non-hydrogen) atoms. The molecule has 0 bridgehead atoms. The minimum atomic E-state index is -1.61. The average Bonchev–Trinajstić information content (AvgIpc) is 3.35. The highest BCUT2D eigenvalue weighted by Crippen LogP contribution is 2.72. The van der Waals surface area contributed by atoms with Crippen molar-refractivity contribution in [3.63, 3.8) is 0 Å². The van der Waals surface area contributed by atoms with Crippen LogP contribution in [0.1, 0.15) is 48.5 Å². The van der Waals surface area contributed by atoms with E-state index in [1.165, 1.54) is 31.4 Å². The van der Waals surface area contributed by atoms with Crippen molar-refractivity contribution in [1.82, 2.24) is 0 Å². The fraction of sp³-hybridized carbons (Fsp3) is 0.656. The quantitative estimate of drug-likeness (QED) is 0.217. The Morgan fingerprint density at radius 1 is 0.976 bits per heavy atom. The summed E-state index contributed by atoms with van der Waals surface area (Å²) >= 11 is 0. The number of ketones is 2. The molecule has 0 aromatic carbocycles. The first-order valence-electron chi connectivity index (χ1n) is 14.4. The number of hydrogen-bond acceptors (Lipinski definition) is 10. The summed E-state index contributed by atoms with van der Waals surface area (Å²) in [6.07, 6.45) is -0.883. The number of fused-ring (bicyclic) bond motifs is 5. The Morgan fingerprint density at radius 3 is 2.17 bits per heavy atom. The maximum atomic E-state index is 14.0. The van der Waals surface area contributed by atoms with E-state index in [0.29, 0.717) is 11.1 Å². The molecule has 2 fully saturated rings.